The quantitative estimate of drug-likeness (QED) is 0.840. The fourth-order valence-corrected chi connectivity index (χ4v) is 3.09. The first-order valence-electron chi connectivity index (χ1n) is 5.58. The monoisotopic (exact) mass is 257 g/mol. The lowest BCUT2D eigenvalue weighted by Gasteiger charge is -2.09. The molecule has 4 nitrogen and oxygen atoms in total. The smallest absolute Gasteiger partial charge is 0.182 e. The van der Waals surface area contributed by atoms with Gasteiger partial charge in [0.25, 0.3) is 0 Å². The van der Waals surface area contributed by atoms with Crippen LogP contribution in [-0.4, -0.2) is 27.3 Å². The van der Waals surface area contributed by atoms with E-state index in [0.717, 1.165) is 0 Å². The van der Waals surface area contributed by atoms with Crippen LogP contribution >= 0.6 is 0 Å². The van der Waals surface area contributed by atoms with Crippen LogP contribution in [0.5, 0.6) is 5.75 Å². The number of methoxy groups -OCH3 is 1. The number of benzene rings is 1. The Bertz CT molecular complexity index is 455. The lowest BCUT2D eigenvalue weighted by Crippen LogP contribution is -2.17. The summed E-state index contributed by atoms with van der Waals surface area (Å²) in [6.07, 6.45) is 1.27. The average molecular weight is 257 g/mol. The molecule has 5 heteroatoms. The zero-order valence-electron chi connectivity index (χ0n) is 10.2. The number of sulfone groups is 1. The van der Waals surface area contributed by atoms with Crippen LogP contribution in [0.3, 0.4) is 0 Å². The second-order valence-corrected chi connectivity index (χ2v) is 6.17. The van der Waals surface area contributed by atoms with Crippen molar-refractivity contribution in [1.82, 2.24) is 0 Å². The van der Waals surface area contributed by atoms with Gasteiger partial charge in [-0.05, 0) is 31.9 Å². The van der Waals surface area contributed by atoms with Crippen LogP contribution in [0.1, 0.15) is 19.8 Å². The van der Waals surface area contributed by atoms with E-state index in [9.17, 15) is 8.42 Å². The van der Waals surface area contributed by atoms with Crippen LogP contribution in [0.25, 0.3) is 0 Å². The Balaban J connectivity index is 2.82. The molecule has 0 saturated carbocycles. The number of para-hydroxylation sites is 1. The second kappa shape index (κ2) is 6.02. The van der Waals surface area contributed by atoms with Crippen molar-refractivity contribution >= 4 is 9.84 Å². The molecule has 1 unspecified atom stereocenters. The van der Waals surface area contributed by atoms with Gasteiger partial charge in [-0.25, -0.2) is 8.42 Å². The van der Waals surface area contributed by atoms with Crippen molar-refractivity contribution in [1.29, 1.82) is 0 Å². The molecule has 0 radical (unpaired) electrons. The summed E-state index contributed by atoms with van der Waals surface area (Å²) in [6.45, 7) is 1.87. The van der Waals surface area contributed by atoms with Gasteiger partial charge in [-0.3, -0.25) is 0 Å². The third kappa shape index (κ3) is 4.02. The number of rotatable bonds is 6. The molecular weight excluding hydrogens is 238 g/mol. The minimum absolute atomic E-state index is 0.0304. The molecule has 2 N–H and O–H groups in total. The van der Waals surface area contributed by atoms with Crippen LogP contribution in [0.4, 0.5) is 0 Å². The second-order valence-electron chi connectivity index (χ2n) is 4.09. The van der Waals surface area contributed by atoms with Crippen molar-refractivity contribution in [2.24, 2.45) is 5.73 Å². The molecule has 0 aliphatic rings. The highest BCUT2D eigenvalue weighted by Gasteiger charge is 2.18. The molecule has 0 aliphatic heterocycles. The molecule has 96 valence electrons. The molecule has 1 aromatic carbocycles. The maximum absolute atomic E-state index is 12.1. The van der Waals surface area contributed by atoms with Gasteiger partial charge in [0.2, 0.25) is 0 Å². The van der Waals surface area contributed by atoms with Crippen molar-refractivity contribution < 1.29 is 13.2 Å². The van der Waals surface area contributed by atoms with Gasteiger partial charge in [0.15, 0.2) is 9.84 Å². The van der Waals surface area contributed by atoms with Gasteiger partial charge in [-0.2, -0.15) is 0 Å². The van der Waals surface area contributed by atoms with E-state index < -0.39 is 9.84 Å². The van der Waals surface area contributed by atoms with E-state index in [2.05, 4.69) is 0 Å². The third-order valence-corrected chi connectivity index (χ3v) is 4.31. The molecule has 0 amide bonds. The predicted octanol–water partition coefficient (Wildman–Crippen LogP) is 1.60. The molecule has 0 fully saturated rings. The fraction of sp³-hybridized carbons (Fsp3) is 0.500. The van der Waals surface area contributed by atoms with E-state index in [0.29, 0.717) is 18.6 Å². The number of ether oxygens (including phenoxy) is 1. The Morgan fingerprint density at radius 2 is 2.00 bits per heavy atom. The average Bonchev–Trinajstić information content (AvgIpc) is 2.28. The van der Waals surface area contributed by atoms with Gasteiger partial charge in [0, 0.05) is 6.04 Å². The predicted molar refractivity (Wildman–Crippen MR) is 67.9 cm³/mol. The topological polar surface area (TPSA) is 69.4 Å². The van der Waals surface area contributed by atoms with Crippen molar-refractivity contribution in [3.63, 3.8) is 0 Å². The summed E-state index contributed by atoms with van der Waals surface area (Å²) in [6, 6.07) is 6.70. The van der Waals surface area contributed by atoms with E-state index in [-0.39, 0.29) is 16.7 Å². The van der Waals surface area contributed by atoms with Gasteiger partial charge in [0.1, 0.15) is 10.6 Å². The van der Waals surface area contributed by atoms with Gasteiger partial charge in [-0.15, -0.1) is 0 Å². The Morgan fingerprint density at radius 1 is 1.35 bits per heavy atom. The minimum Gasteiger partial charge on any atom is -0.495 e. The molecule has 0 heterocycles. The summed E-state index contributed by atoms with van der Waals surface area (Å²) in [5.41, 5.74) is 5.60. The van der Waals surface area contributed by atoms with Crippen molar-refractivity contribution in [3.05, 3.63) is 24.3 Å². The third-order valence-electron chi connectivity index (χ3n) is 2.48. The first kappa shape index (κ1) is 14.0. The zero-order chi connectivity index (χ0) is 12.9. The van der Waals surface area contributed by atoms with Crippen molar-refractivity contribution in [3.8, 4) is 5.75 Å². The number of hydrogen-bond acceptors (Lipinski definition) is 4. The van der Waals surface area contributed by atoms with Gasteiger partial charge >= 0.3 is 0 Å². The standard InChI is InChI=1S/C12H19NO3S/c1-10(13)6-5-9-17(14,15)12-8-4-3-7-11(12)16-2/h3-4,7-8,10H,5-6,9,13H2,1-2H3. The fourth-order valence-electron chi connectivity index (χ4n) is 1.58. The van der Waals surface area contributed by atoms with Crippen LogP contribution in [0.2, 0.25) is 0 Å². The number of hydrogen-bond donors (Lipinski definition) is 1. The molecular formula is C12H19NO3S. The van der Waals surface area contributed by atoms with E-state index in [1.807, 2.05) is 6.92 Å². The first-order chi connectivity index (χ1) is 7.97. The van der Waals surface area contributed by atoms with Crippen LogP contribution in [-0.2, 0) is 9.84 Å². The summed E-state index contributed by atoms with van der Waals surface area (Å²) in [5.74, 6) is 0.503. The van der Waals surface area contributed by atoms with Crippen molar-refractivity contribution in [2.45, 2.75) is 30.7 Å². The Morgan fingerprint density at radius 3 is 2.59 bits per heavy atom. The molecule has 1 atom stereocenters. The summed E-state index contributed by atoms with van der Waals surface area (Å²) in [7, 11) is -1.81. The van der Waals surface area contributed by atoms with Crippen molar-refractivity contribution in [2.75, 3.05) is 12.9 Å². The van der Waals surface area contributed by atoms with E-state index >= 15 is 0 Å². The van der Waals surface area contributed by atoms with Crippen LogP contribution < -0.4 is 10.5 Å². The number of nitrogens with two attached hydrogens (primary N) is 1. The molecule has 0 bridgehead atoms. The molecule has 1 rings (SSSR count). The normalized spacial score (nSPS) is 13.4. The highest BCUT2D eigenvalue weighted by molar-refractivity contribution is 7.91. The highest BCUT2D eigenvalue weighted by atomic mass is 32.2. The maximum Gasteiger partial charge on any atom is 0.182 e. The lowest BCUT2D eigenvalue weighted by atomic mass is 10.2. The first-order valence-corrected chi connectivity index (χ1v) is 7.24. The zero-order valence-corrected chi connectivity index (χ0v) is 11.0. The van der Waals surface area contributed by atoms with Gasteiger partial charge in [0.05, 0.1) is 12.9 Å². The molecule has 0 saturated heterocycles. The summed E-state index contributed by atoms with van der Waals surface area (Å²) >= 11 is 0. The van der Waals surface area contributed by atoms with Crippen LogP contribution in [0, 0.1) is 0 Å². The highest BCUT2D eigenvalue weighted by Crippen LogP contribution is 2.24. The summed E-state index contributed by atoms with van der Waals surface area (Å²) < 4.78 is 29.2. The van der Waals surface area contributed by atoms with Gasteiger partial charge < -0.3 is 10.5 Å². The molecule has 0 aliphatic carbocycles. The molecule has 0 spiro atoms. The van der Waals surface area contributed by atoms with Crippen LogP contribution in [0.15, 0.2) is 29.2 Å². The molecule has 0 aromatic heterocycles. The SMILES string of the molecule is COc1ccccc1S(=O)(=O)CCCC(C)N. The Labute approximate surface area is 103 Å². The largest absolute Gasteiger partial charge is 0.495 e. The molecule has 1 aromatic rings. The van der Waals surface area contributed by atoms with E-state index in [1.165, 1.54) is 7.11 Å². The minimum atomic E-state index is -3.28. The van der Waals surface area contributed by atoms with Gasteiger partial charge in [-0.1, -0.05) is 12.1 Å². The Hall–Kier alpha value is -1.07. The summed E-state index contributed by atoms with van der Waals surface area (Å²) in [4.78, 5) is 0.257. The molecule has 17 heavy (non-hydrogen) atoms. The maximum atomic E-state index is 12.1. The Kier molecular flexibility index (Phi) is 4.96. The lowest BCUT2D eigenvalue weighted by molar-refractivity contribution is 0.402. The van der Waals surface area contributed by atoms with E-state index in [1.54, 1.807) is 24.3 Å². The summed E-state index contributed by atoms with van der Waals surface area (Å²) in [5, 5.41) is 0. The van der Waals surface area contributed by atoms with E-state index in [4.69, 9.17) is 10.5 Å².